The molecule has 2 aromatic carbocycles. The van der Waals surface area contributed by atoms with Crippen LogP contribution < -0.4 is 27.0 Å². The van der Waals surface area contributed by atoms with Gasteiger partial charge in [0.15, 0.2) is 0 Å². The number of ether oxygens (including phenoxy) is 1. The van der Waals surface area contributed by atoms with E-state index in [4.69, 9.17) is 39.4 Å². The van der Waals surface area contributed by atoms with Crippen LogP contribution in [0.15, 0.2) is 73.0 Å². The molecule has 0 atom stereocenters. The number of hydrogen-bond acceptors (Lipinski definition) is 7. The maximum absolute atomic E-state index is 14.0. The molecular formula is C25H31Cl2FN6O. The van der Waals surface area contributed by atoms with Gasteiger partial charge >= 0.3 is 0 Å². The fraction of sp³-hybridized carbons (Fsp3) is 0.280. The summed E-state index contributed by atoms with van der Waals surface area (Å²) < 4.78 is 19.4. The summed E-state index contributed by atoms with van der Waals surface area (Å²) in [6.45, 7) is 10.7. The van der Waals surface area contributed by atoms with Crippen LogP contribution in [0.3, 0.4) is 0 Å². The Balaban J connectivity index is 0.00000167. The second-order valence-electron chi connectivity index (χ2n) is 7.84. The zero-order chi connectivity index (χ0) is 25.4. The van der Waals surface area contributed by atoms with Crippen molar-refractivity contribution in [1.82, 2.24) is 10.2 Å². The lowest BCUT2D eigenvalue weighted by Crippen LogP contribution is -2.41. The molecule has 2 aliphatic heterocycles. The Kier molecular flexibility index (Phi) is 9.54. The van der Waals surface area contributed by atoms with Crippen molar-refractivity contribution in [1.29, 1.82) is 0 Å². The molecule has 1 fully saturated rings. The Labute approximate surface area is 215 Å². The van der Waals surface area contributed by atoms with E-state index in [9.17, 15) is 4.39 Å². The highest BCUT2D eigenvalue weighted by molar-refractivity contribution is 6.36. The molecule has 0 spiro atoms. The van der Waals surface area contributed by atoms with Crippen molar-refractivity contribution in [3.63, 3.8) is 0 Å². The molecule has 0 aromatic heterocycles. The summed E-state index contributed by atoms with van der Waals surface area (Å²) in [5, 5.41) is 6.77. The largest absolute Gasteiger partial charge is 0.385 e. The van der Waals surface area contributed by atoms with Crippen LogP contribution >= 0.6 is 23.2 Å². The normalized spacial score (nSPS) is 16.4. The quantitative estimate of drug-likeness (QED) is 0.334. The van der Waals surface area contributed by atoms with Gasteiger partial charge in [0.25, 0.3) is 0 Å². The number of allylic oxidation sites excluding steroid dienone is 1. The van der Waals surface area contributed by atoms with Crippen LogP contribution in [0, 0.1) is 5.82 Å². The van der Waals surface area contributed by atoms with Crippen LogP contribution in [0.1, 0.15) is 5.56 Å². The number of morpholine rings is 1. The van der Waals surface area contributed by atoms with Gasteiger partial charge in [0.2, 0.25) is 0 Å². The maximum atomic E-state index is 14.0. The average molecular weight is 521 g/mol. The number of rotatable bonds is 6. The highest BCUT2D eigenvalue weighted by Gasteiger charge is 2.21. The van der Waals surface area contributed by atoms with Crippen LogP contribution in [0.4, 0.5) is 15.8 Å². The van der Waals surface area contributed by atoms with Crippen LogP contribution in [0.25, 0.3) is 0 Å². The summed E-state index contributed by atoms with van der Waals surface area (Å²) in [6, 6.07) is 10.8. The van der Waals surface area contributed by atoms with Gasteiger partial charge in [0.1, 0.15) is 17.5 Å². The first-order chi connectivity index (χ1) is 16.9. The standard InChI is InChI=1S/C23H27Cl2FN6O.C2H4/c24-18-4-5-19(26)22(25)17(18)14-32-7-6-29-23(28)20(32)13-21(27)30-15-2-1-3-16(12-15)31-8-10-33-11-9-31;1-2/h1-5,12-13,29-30H,6-11,14,27-28H2;1-2H2/b21-13+;. The Morgan fingerprint density at radius 2 is 1.91 bits per heavy atom. The van der Waals surface area contributed by atoms with Gasteiger partial charge in [-0.25, -0.2) is 4.39 Å². The summed E-state index contributed by atoms with van der Waals surface area (Å²) in [7, 11) is 0. The van der Waals surface area contributed by atoms with Crippen LogP contribution in [-0.2, 0) is 11.3 Å². The van der Waals surface area contributed by atoms with Gasteiger partial charge < -0.3 is 36.6 Å². The number of nitrogens with two attached hydrogens (primary N) is 2. The van der Waals surface area contributed by atoms with Gasteiger partial charge in [0, 0.05) is 60.8 Å². The van der Waals surface area contributed by atoms with E-state index in [0.717, 1.165) is 37.7 Å². The fourth-order valence-corrected chi connectivity index (χ4v) is 4.39. The van der Waals surface area contributed by atoms with Crippen molar-refractivity contribution in [2.45, 2.75) is 6.54 Å². The maximum Gasteiger partial charge on any atom is 0.142 e. The number of halogens is 3. The van der Waals surface area contributed by atoms with E-state index in [1.165, 1.54) is 12.1 Å². The van der Waals surface area contributed by atoms with Gasteiger partial charge in [0.05, 0.1) is 23.9 Å². The summed E-state index contributed by atoms with van der Waals surface area (Å²) in [4.78, 5) is 4.24. The lowest BCUT2D eigenvalue weighted by Gasteiger charge is -2.32. The van der Waals surface area contributed by atoms with Crippen molar-refractivity contribution < 1.29 is 9.13 Å². The number of benzene rings is 2. The predicted molar refractivity (Wildman–Crippen MR) is 143 cm³/mol. The second-order valence-corrected chi connectivity index (χ2v) is 8.63. The third kappa shape index (κ3) is 6.75. The zero-order valence-corrected chi connectivity index (χ0v) is 21.0. The van der Waals surface area contributed by atoms with Gasteiger partial charge in [-0.1, -0.05) is 29.3 Å². The number of nitrogens with zero attached hydrogens (tertiary/aromatic N) is 2. The molecule has 1 saturated heterocycles. The van der Waals surface area contributed by atoms with E-state index in [-0.39, 0.29) is 5.02 Å². The van der Waals surface area contributed by atoms with E-state index < -0.39 is 5.82 Å². The third-order valence-corrected chi connectivity index (χ3v) is 6.37. The molecule has 6 N–H and O–H groups in total. The first-order valence-corrected chi connectivity index (χ1v) is 12.0. The van der Waals surface area contributed by atoms with Gasteiger partial charge in [-0.3, -0.25) is 0 Å². The van der Waals surface area contributed by atoms with Crippen molar-refractivity contribution in [2.75, 3.05) is 49.6 Å². The number of nitrogens with one attached hydrogen (secondary N) is 2. The Hall–Kier alpha value is -3.07. The summed E-state index contributed by atoms with van der Waals surface area (Å²) in [6.07, 6.45) is 1.75. The fourth-order valence-electron chi connectivity index (χ4n) is 3.90. The molecule has 2 aromatic rings. The molecule has 4 rings (SSSR count). The molecule has 0 amide bonds. The average Bonchev–Trinajstić information content (AvgIpc) is 2.88. The van der Waals surface area contributed by atoms with Crippen molar-refractivity contribution >= 4 is 34.6 Å². The van der Waals surface area contributed by atoms with Crippen LogP contribution in [0.2, 0.25) is 10.0 Å². The van der Waals surface area contributed by atoms with Crippen molar-refractivity contribution in [2.24, 2.45) is 11.5 Å². The van der Waals surface area contributed by atoms with Crippen molar-refractivity contribution in [3.05, 3.63) is 94.4 Å². The zero-order valence-electron chi connectivity index (χ0n) is 19.5. The molecule has 0 saturated carbocycles. The first-order valence-electron chi connectivity index (χ1n) is 11.2. The monoisotopic (exact) mass is 520 g/mol. The molecule has 10 heteroatoms. The topological polar surface area (TPSA) is 91.8 Å². The Morgan fingerprint density at radius 1 is 1.17 bits per heavy atom. The molecule has 2 aliphatic rings. The molecule has 2 heterocycles. The van der Waals surface area contributed by atoms with Crippen molar-refractivity contribution in [3.8, 4) is 0 Å². The van der Waals surface area contributed by atoms with Gasteiger partial charge in [-0.2, -0.15) is 0 Å². The minimum absolute atomic E-state index is 0.00829. The third-order valence-electron chi connectivity index (χ3n) is 5.60. The van der Waals surface area contributed by atoms with Gasteiger partial charge in [-0.05, 0) is 30.3 Å². The van der Waals surface area contributed by atoms with E-state index in [1.54, 1.807) is 6.08 Å². The summed E-state index contributed by atoms with van der Waals surface area (Å²) in [5.74, 6) is 0.371. The number of anilines is 2. The molecule has 0 bridgehead atoms. The lowest BCUT2D eigenvalue weighted by molar-refractivity contribution is 0.122. The van der Waals surface area contributed by atoms with E-state index >= 15 is 0 Å². The molecular weight excluding hydrogens is 490 g/mol. The number of hydrogen-bond donors (Lipinski definition) is 4. The molecule has 0 aliphatic carbocycles. The molecule has 35 heavy (non-hydrogen) atoms. The Morgan fingerprint density at radius 3 is 2.66 bits per heavy atom. The highest BCUT2D eigenvalue weighted by atomic mass is 35.5. The van der Waals surface area contributed by atoms with Crippen LogP contribution in [-0.4, -0.2) is 44.3 Å². The molecule has 7 nitrogen and oxygen atoms in total. The second kappa shape index (κ2) is 12.6. The molecule has 0 unspecified atom stereocenters. The lowest BCUT2D eigenvalue weighted by atomic mass is 10.1. The summed E-state index contributed by atoms with van der Waals surface area (Å²) >= 11 is 12.5. The predicted octanol–water partition coefficient (Wildman–Crippen LogP) is 4.22. The smallest absolute Gasteiger partial charge is 0.142 e. The molecule has 0 radical (unpaired) electrons. The van der Waals surface area contributed by atoms with E-state index in [1.807, 2.05) is 23.1 Å². The molecule has 188 valence electrons. The van der Waals surface area contributed by atoms with Gasteiger partial charge in [-0.15, -0.1) is 13.2 Å². The summed E-state index contributed by atoms with van der Waals surface area (Å²) in [5.41, 5.74) is 15.7. The first kappa shape index (κ1) is 26.5. The Bertz CT molecular complexity index is 1090. The SMILES string of the molecule is C=C.NC1=C(/C=C(\N)Nc2cccc(N3CCOCC3)c2)N(Cc2c(Cl)ccc(F)c2Cl)CCN1. The minimum atomic E-state index is -0.512. The van der Waals surface area contributed by atoms with E-state index in [2.05, 4.69) is 34.8 Å². The minimum Gasteiger partial charge on any atom is -0.385 e. The highest BCUT2D eigenvalue weighted by Crippen LogP contribution is 2.30. The van der Waals surface area contributed by atoms with Crippen LogP contribution in [0.5, 0.6) is 0 Å². The van der Waals surface area contributed by atoms with E-state index in [0.29, 0.717) is 47.6 Å².